The lowest BCUT2D eigenvalue weighted by molar-refractivity contribution is -0.141. The molecule has 0 aromatic heterocycles. The lowest BCUT2D eigenvalue weighted by Crippen LogP contribution is -2.60. The maximum atomic E-state index is 12.7. The Bertz CT molecular complexity index is 745. The molecule has 0 aliphatic heterocycles. The van der Waals surface area contributed by atoms with Crippen molar-refractivity contribution in [1.29, 1.82) is 0 Å². The largest absolute Gasteiger partial charge is 0.481 e. The van der Waals surface area contributed by atoms with Gasteiger partial charge in [0.25, 0.3) is 0 Å². The van der Waals surface area contributed by atoms with Crippen molar-refractivity contribution in [3.63, 3.8) is 0 Å². The second-order valence-electron chi connectivity index (χ2n) is 7.76. The lowest BCUT2D eigenvalue weighted by Gasteiger charge is -2.26. The molecule has 0 spiro atoms. The van der Waals surface area contributed by atoms with E-state index in [4.69, 9.17) is 15.9 Å². The van der Waals surface area contributed by atoms with Crippen molar-refractivity contribution >= 4 is 35.9 Å². The smallest absolute Gasteiger partial charge is 0.305 e. The van der Waals surface area contributed by atoms with Crippen molar-refractivity contribution in [2.24, 2.45) is 11.7 Å². The molecule has 0 aromatic carbocycles. The third kappa shape index (κ3) is 10.2. The van der Waals surface area contributed by atoms with Gasteiger partial charge in [-0.25, -0.2) is 0 Å². The normalized spacial score (nSPS) is 16.2. The molecule has 0 fully saturated rings. The van der Waals surface area contributed by atoms with E-state index in [1.807, 2.05) is 0 Å². The summed E-state index contributed by atoms with van der Waals surface area (Å²) in [6.07, 6.45) is -0.789. The van der Waals surface area contributed by atoms with E-state index < -0.39 is 91.5 Å². The van der Waals surface area contributed by atoms with Crippen molar-refractivity contribution in [1.82, 2.24) is 21.3 Å². The standard InChI is InChI=1S/C19H32N5O10/c1-8(2)15(19(34)21-10(5-25)6-26)24-16(31)11(4-13(29)30)22-17(32)12(7-27)23-18(33)14(20)9(3)28/h8-12,14-15,25,27-28H,4-5,7,20H2,1-3H3,(H,21,34)(H,22,32)(H,23,33)(H,24,31)(H,29,30)/t9-,10+,11+,12+,14+,15+/m1/s1. The molecular formula is C19H32N5O10. The molecule has 0 heterocycles. The Morgan fingerprint density at radius 3 is 1.76 bits per heavy atom. The zero-order valence-corrected chi connectivity index (χ0v) is 19.0. The summed E-state index contributed by atoms with van der Waals surface area (Å²) in [7, 11) is 0. The zero-order chi connectivity index (χ0) is 26.6. The van der Waals surface area contributed by atoms with Gasteiger partial charge in [0, 0.05) is 0 Å². The molecule has 1 radical (unpaired) electrons. The van der Waals surface area contributed by atoms with Crippen LogP contribution < -0.4 is 27.0 Å². The van der Waals surface area contributed by atoms with Crippen LogP contribution in [0, 0.1) is 5.92 Å². The van der Waals surface area contributed by atoms with Crippen LogP contribution in [0.15, 0.2) is 0 Å². The first-order valence-electron chi connectivity index (χ1n) is 10.2. The van der Waals surface area contributed by atoms with Crippen LogP contribution in [0.4, 0.5) is 0 Å². The Balaban J connectivity index is 5.51. The van der Waals surface area contributed by atoms with Gasteiger partial charge in [-0.3, -0.25) is 28.8 Å². The molecule has 0 rings (SSSR count). The Labute approximate surface area is 195 Å². The van der Waals surface area contributed by atoms with Crippen LogP contribution in [-0.4, -0.2) is 106 Å². The molecule has 0 unspecified atom stereocenters. The van der Waals surface area contributed by atoms with E-state index in [2.05, 4.69) is 21.3 Å². The number of nitrogens with two attached hydrogens (primary N) is 1. The van der Waals surface area contributed by atoms with Crippen molar-refractivity contribution in [2.45, 2.75) is 63.5 Å². The fraction of sp³-hybridized carbons (Fsp3) is 0.684. The van der Waals surface area contributed by atoms with E-state index in [0.717, 1.165) is 0 Å². The van der Waals surface area contributed by atoms with E-state index in [-0.39, 0.29) is 0 Å². The summed E-state index contributed by atoms with van der Waals surface area (Å²) in [5.74, 6) is -6.09. The zero-order valence-electron chi connectivity index (χ0n) is 19.0. The Morgan fingerprint density at radius 2 is 1.35 bits per heavy atom. The van der Waals surface area contributed by atoms with Gasteiger partial charge in [-0.1, -0.05) is 13.8 Å². The number of aliphatic hydroxyl groups is 3. The molecule has 15 heteroatoms. The van der Waals surface area contributed by atoms with Gasteiger partial charge in [-0.2, -0.15) is 0 Å². The predicted molar refractivity (Wildman–Crippen MR) is 114 cm³/mol. The van der Waals surface area contributed by atoms with Crippen LogP contribution in [0.5, 0.6) is 0 Å². The highest BCUT2D eigenvalue weighted by Crippen LogP contribution is 2.05. The number of carboxylic acids is 1. The first-order valence-corrected chi connectivity index (χ1v) is 10.2. The van der Waals surface area contributed by atoms with E-state index >= 15 is 0 Å². The fourth-order valence-corrected chi connectivity index (χ4v) is 2.50. The van der Waals surface area contributed by atoms with Gasteiger partial charge in [0.15, 0.2) is 0 Å². The van der Waals surface area contributed by atoms with Gasteiger partial charge in [-0.15, -0.1) is 0 Å². The van der Waals surface area contributed by atoms with Gasteiger partial charge in [0.05, 0.1) is 25.7 Å². The number of hydrogen-bond acceptors (Lipinski definition) is 10. The third-order valence-corrected chi connectivity index (χ3v) is 4.54. The SMILES string of the molecule is CC(C)[C@H](NC(=O)[C@H](CC(=O)O)NC(=O)[C@H](CO)NC(=O)[C@@H](N)[C@@H](C)O)C(=O)N[C@H]([C]=O)CO. The van der Waals surface area contributed by atoms with Gasteiger partial charge < -0.3 is 47.4 Å². The molecule has 193 valence electrons. The summed E-state index contributed by atoms with van der Waals surface area (Å²) in [6, 6.07) is -7.39. The summed E-state index contributed by atoms with van der Waals surface area (Å²) in [6.45, 7) is 2.63. The third-order valence-electron chi connectivity index (χ3n) is 4.54. The van der Waals surface area contributed by atoms with Crippen molar-refractivity contribution < 1.29 is 49.2 Å². The summed E-state index contributed by atoms with van der Waals surface area (Å²) in [4.78, 5) is 71.4. The number of aliphatic hydroxyl groups excluding tert-OH is 3. The maximum absolute atomic E-state index is 12.7. The number of aliphatic carboxylic acids is 1. The van der Waals surface area contributed by atoms with E-state index in [0.29, 0.717) is 0 Å². The summed E-state index contributed by atoms with van der Waals surface area (Å²) in [5, 5.41) is 45.5. The van der Waals surface area contributed by atoms with E-state index in [9.17, 15) is 39.0 Å². The summed E-state index contributed by atoms with van der Waals surface area (Å²) >= 11 is 0. The number of carboxylic acid groups (broad SMARTS) is 1. The minimum absolute atomic E-state index is 0.553. The van der Waals surface area contributed by atoms with Crippen LogP contribution in [0.25, 0.3) is 0 Å². The van der Waals surface area contributed by atoms with Crippen LogP contribution in [0.1, 0.15) is 27.2 Å². The topological polar surface area (TPSA) is 257 Å². The molecule has 0 aliphatic rings. The average molecular weight is 490 g/mol. The van der Waals surface area contributed by atoms with Gasteiger partial charge in [0.2, 0.25) is 29.9 Å². The van der Waals surface area contributed by atoms with Crippen LogP contribution in [0.2, 0.25) is 0 Å². The van der Waals surface area contributed by atoms with Crippen molar-refractivity contribution in [3.8, 4) is 0 Å². The average Bonchev–Trinajstić information content (AvgIpc) is 2.76. The molecule has 15 nitrogen and oxygen atoms in total. The number of carbonyl (C=O) groups is 5. The first-order chi connectivity index (χ1) is 15.8. The molecule has 10 N–H and O–H groups in total. The summed E-state index contributed by atoms with van der Waals surface area (Å²) in [5.41, 5.74) is 5.45. The number of carbonyl (C=O) groups excluding carboxylic acids is 5. The Morgan fingerprint density at radius 1 is 0.824 bits per heavy atom. The Kier molecular flexibility index (Phi) is 13.5. The minimum atomic E-state index is -1.72. The first kappa shape index (κ1) is 30.9. The monoisotopic (exact) mass is 490 g/mol. The molecule has 0 saturated heterocycles. The van der Waals surface area contributed by atoms with Crippen LogP contribution in [-0.2, 0) is 28.8 Å². The second-order valence-corrected chi connectivity index (χ2v) is 7.76. The summed E-state index contributed by atoms with van der Waals surface area (Å²) < 4.78 is 0. The highest BCUT2D eigenvalue weighted by atomic mass is 16.4. The number of rotatable bonds is 15. The van der Waals surface area contributed by atoms with Gasteiger partial charge >= 0.3 is 5.97 Å². The molecule has 6 atom stereocenters. The molecular weight excluding hydrogens is 458 g/mol. The quantitative estimate of drug-likeness (QED) is 0.105. The molecule has 0 bridgehead atoms. The molecule has 0 aromatic rings. The van der Waals surface area contributed by atoms with Gasteiger partial charge in [0.1, 0.15) is 30.2 Å². The number of amides is 4. The highest BCUT2D eigenvalue weighted by molar-refractivity contribution is 5.96. The van der Waals surface area contributed by atoms with Gasteiger partial charge in [-0.05, 0) is 12.8 Å². The highest BCUT2D eigenvalue weighted by Gasteiger charge is 2.33. The Hall–Kier alpha value is -3.14. The molecule has 34 heavy (non-hydrogen) atoms. The molecule has 0 saturated carbocycles. The van der Waals surface area contributed by atoms with Crippen molar-refractivity contribution in [3.05, 3.63) is 0 Å². The number of hydrogen-bond donors (Lipinski definition) is 9. The van der Waals surface area contributed by atoms with Crippen molar-refractivity contribution in [2.75, 3.05) is 13.2 Å². The van der Waals surface area contributed by atoms with E-state index in [1.54, 1.807) is 0 Å². The number of nitrogens with one attached hydrogen (secondary N) is 4. The molecule has 4 amide bonds. The lowest BCUT2D eigenvalue weighted by atomic mass is 10.0. The van der Waals surface area contributed by atoms with Crippen LogP contribution >= 0.6 is 0 Å². The maximum Gasteiger partial charge on any atom is 0.305 e. The van der Waals surface area contributed by atoms with E-state index in [1.165, 1.54) is 27.1 Å². The van der Waals surface area contributed by atoms with Crippen LogP contribution in [0.3, 0.4) is 0 Å². The molecule has 0 aliphatic carbocycles. The predicted octanol–water partition coefficient (Wildman–Crippen LogP) is -5.14. The fourth-order valence-electron chi connectivity index (χ4n) is 2.50. The minimum Gasteiger partial charge on any atom is -0.481 e. The second kappa shape index (κ2) is 14.9.